The van der Waals surface area contributed by atoms with E-state index < -0.39 is 0 Å². The number of rotatable bonds is 3. The van der Waals surface area contributed by atoms with Crippen LogP contribution >= 0.6 is 0 Å². The number of hydrogen-bond donors (Lipinski definition) is 0. The number of benzene rings is 2. The fourth-order valence-corrected chi connectivity index (χ4v) is 3.49. The van der Waals surface area contributed by atoms with Crippen molar-refractivity contribution in [3.63, 3.8) is 0 Å². The molecule has 1 saturated heterocycles. The number of para-hydroxylation sites is 2. The minimum Gasteiger partial charge on any atom is -0.328 e. The van der Waals surface area contributed by atoms with E-state index >= 15 is 0 Å². The summed E-state index contributed by atoms with van der Waals surface area (Å²) < 4.78 is 15.3. The normalized spacial score (nSPS) is 17.8. The molecule has 0 radical (unpaired) electrons. The summed E-state index contributed by atoms with van der Waals surface area (Å²) in [5, 5.41) is 0. The van der Waals surface area contributed by atoms with E-state index in [9.17, 15) is 9.18 Å². The van der Waals surface area contributed by atoms with Gasteiger partial charge in [0.1, 0.15) is 11.6 Å². The molecule has 0 bridgehead atoms. The lowest BCUT2D eigenvalue weighted by Gasteiger charge is -2.17. The molecule has 24 heavy (non-hydrogen) atoms. The molecule has 2 heterocycles. The highest BCUT2D eigenvalue weighted by molar-refractivity contribution is 5.96. The van der Waals surface area contributed by atoms with Gasteiger partial charge in [0.2, 0.25) is 5.91 Å². The van der Waals surface area contributed by atoms with Crippen LogP contribution in [-0.4, -0.2) is 22.0 Å². The summed E-state index contributed by atoms with van der Waals surface area (Å²) in [6.45, 7) is 3.48. The largest absolute Gasteiger partial charge is 0.328 e. The maximum atomic E-state index is 13.1. The van der Waals surface area contributed by atoms with Crippen molar-refractivity contribution in [2.24, 2.45) is 0 Å². The van der Waals surface area contributed by atoms with Gasteiger partial charge in [-0.3, -0.25) is 4.79 Å². The molecular weight excluding hydrogens is 305 g/mol. The van der Waals surface area contributed by atoms with Gasteiger partial charge in [-0.05, 0) is 43.3 Å². The van der Waals surface area contributed by atoms with Gasteiger partial charge in [0.15, 0.2) is 0 Å². The van der Waals surface area contributed by atoms with Gasteiger partial charge in [0.25, 0.3) is 0 Å². The van der Waals surface area contributed by atoms with Crippen LogP contribution in [0, 0.1) is 5.82 Å². The van der Waals surface area contributed by atoms with E-state index in [0.717, 1.165) is 29.1 Å². The van der Waals surface area contributed by atoms with Gasteiger partial charge < -0.3 is 9.47 Å². The first-order valence-corrected chi connectivity index (χ1v) is 8.18. The first-order chi connectivity index (χ1) is 11.7. The fourth-order valence-electron chi connectivity index (χ4n) is 3.49. The number of aromatic nitrogens is 2. The molecule has 1 amide bonds. The lowest BCUT2D eigenvalue weighted by atomic mass is 10.1. The van der Waals surface area contributed by atoms with Gasteiger partial charge in [-0.1, -0.05) is 12.1 Å². The van der Waals surface area contributed by atoms with Crippen LogP contribution in [0.25, 0.3) is 11.0 Å². The Morgan fingerprint density at radius 3 is 2.67 bits per heavy atom. The summed E-state index contributed by atoms with van der Waals surface area (Å²) in [4.78, 5) is 18.9. The van der Waals surface area contributed by atoms with Crippen molar-refractivity contribution in [3.05, 3.63) is 60.2 Å². The van der Waals surface area contributed by atoms with Gasteiger partial charge in [-0.25, -0.2) is 9.37 Å². The van der Waals surface area contributed by atoms with Gasteiger partial charge in [0, 0.05) is 31.1 Å². The highest BCUT2D eigenvalue weighted by Gasteiger charge is 2.34. The Kier molecular flexibility index (Phi) is 3.56. The van der Waals surface area contributed by atoms with Gasteiger partial charge in [-0.2, -0.15) is 0 Å². The molecule has 1 atom stereocenters. The Balaban J connectivity index is 1.69. The van der Waals surface area contributed by atoms with Crippen LogP contribution < -0.4 is 4.90 Å². The summed E-state index contributed by atoms with van der Waals surface area (Å²) in [6, 6.07) is 14.1. The summed E-state index contributed by atoms with van der Waals surface area (Å²) in [5.41, 5.74) is 2.80. The molecule has 1 fully saturated rings. The Hall–Kier alpha value is -2.69. The fraction of sp³-hybridized carbons (Fsp3) is 0.263. The van der Waals surface area contributed by atoms with E-state index in [1.165, 1.54) is 12.1 Å². The van der Waals surface area contributed by atoms with Crippen LogP contribution in [0.4, 0.5) is 10.1 Å². The Labute approximate surface area is 139 Å². The molecule has 3 aromatic rings. The Morgan fingerprint density at radius 2 is 1.92 bits per heavy atom. The third-order valence-corrected chi connectivity index (χ3v) is 4.63. The average Bonchev–Trinajstić information content (AvgIpc) is 3.16. The van der Waals surface area contributed by atoms with E-state index in [1.54, 1.807) is 17.0 Å². The molecular formula is C19H18FN3O. The van der Waals surface area contributed by atoms with Crippen LogP contribution in [-0.2, 0) is 11.3 Å². The molecule has 1 aliphatic heterocycles. The number of hydrogen-bond acceptors (Lipinski definition) is 2. The second kappa shape index (κ2) is 5.74. The lowest BCUT2D eigenvalue weighted by molar-refractivity contribution is -0.117. The van der Waals surface area contributed by atoms with Crippen molar-refractivity contribution in [3.8, 4) is 0 Å². The topological polar surface area (TPSA) is 38.1 Å². The highest BCUT2D eigenvalue weighted by atomic mass is 19.1. The highest BCUT2D eigenvalue weighted by Crippen LogP contribution is 2.33. The molecule has 5 heteroatoms. The standard InChI is InChI=1S/C19H18FN3O/c1-2-22-17-6-4-3-5-16(17)21-19(22)13-11-18(24)23(12-13)15-9-7-14(20)8-10-15/h3-10,13H,2,11-12H2,1H3. The molecule has 0 N–H and O–H groups in total. The molecule has 1 unspecified atom stereocenters. The smallest absolute Gasteiger partial charge is 0.227 e. The molecule has 1 aromatic heterocycles. The van der Waals surface area contributed by atoms with Crippen LogP contribution in [0.15, 0.2) is 48.5 Å². The Bertz CT molecular complexity index is 901. The number of fused-ring (bicyclic) bond motifs is 1. The maximum absolute atomic E-state index is 13.1. The predicted molar refractivity (Wildman–Crippen MR) is 91.5 cm³/mol. The van der Waals surface area contributed by atoms with E-state index in [2.05, 4.69) is 17.6 Å². The van der Waals surface area contributed by atoms with Crippen LogP contribution in [0.3, 0.4) is 0 Å². The SMILES string of the molecule is CCn1c(C2CC(=O)N(c3ccc(F)cc3)C2)nc2ccccc21. The third-order valence-electron chi connectivity index (χ3n) is 4.63. The predicted octanol–water partition coefficient (Wildman–Crippen LogP) is 3.72. The second-order valence-corrected chi connectivity index (χ2v) is 6.08. The summed E-state index contributed by atoms with van der Waals surface area (Å²) in [7, 11) is 0. The third kappa shape index (κ3) is 2.37. The molecule has 4 rings (SSSR count). The summed E-state index contributed by atoms with van der Waals surface area (Å²) in [5.74, 6) is 0.766. The van der Waals surface area contributed by atoms with Gasteiger partial charge in [-0.15, -0.1) is 0 Å². The molecule has 122 valence electrons. The Morgan fingerprint density at radius 1 is 1.17 bits per heavy atom. The van der Waals surface area contributed by atoms with Crippen molar-refractivity contribution in [1.29, 1.82) is 0 Å². The number of aryl methyl sites for hydroxylation is 1. The van der Waals surface area contributed by atoms with Crippen molar-refractivity contribution >= 4 is 22.6 Å². The molecule has 2 aromatic carbocycles. The van der Waals surface area contributed by atoms with Crippen molar-refractivity contribution < 1.29 is 9.18 Å². The van der Waals surface area contributed by atoms with Crippen molar-refractivity contribution in [2.75, 3.05) is 11.4 Å². The number of amides is 1. The summed E-state index contributed by atoms with van der Waals surface area (Å²) >= 11 is 0. The summed E-state index contributed by atoms with van der Waals surface area (Å²) in [6.07, 6.45) is 0.431. The number of halogens is 1. The minimum absolute atomic E-state index is 0.0508. The number of imidazole rings is 1. The van der Waals surface area contributed by atoms with Gasteiger partial charge in [0.05, 0.1) is 11.0 Å². The van der Waals surface area contributed by atoms with Crippen LogP contribution in [0.5, 0.6) is 0 Å². The van der Waals surface area contributed by atoms with Gasteiger partial charge >= 0.3 is 0 Å². The number of carbonyl (C=O) groups excluding carboxylic acids is 1. The maximum Gasteiger partial charge on any atom is 0.227 e. The molecule has 4 nitrogen and oxygen atoms in total. The molecule has 0 spiro atoms. The van der Waals surface area contributed by atoms with Crippen LogP contribution in [0.1, 0.15) is 25.1 Å². The van der Waals surface area contributed by atoms with Crippen LogP contribution in [0.2, 0.25) is 0 Å². The van der Waals surface area contributed by atoms with E-state index in [0.29, 0.717) is 13.0 Å². The average molecular weight is 323 g/mol. The zero-order valence-electron chi connectivity index (χ0n) is 13.4. The zero-order chi connectivity index (χ0) is 16.7. The first kappa shape index (κ1) is 14.9. The van der Waals surface area contributed by atoms with E-state index in [4.69, 9.17) is 4.98 Å². The number of carbonyl (C=O) groups is 1. The van der Waals surface area contributed by atoms with Crippen molar-refractivity contribution in [2.45, 2.75) is 25.8 Å². The van der Waals surface area contributed by atoms with E-state index in [-0.39, 0.29) is 17.6 Å². The lowest BCUT2D eigenvalue weighted by Crippen LogP contribution is -2.24. The molecule has 1 aliphatic rings. The van der Waals surface area contributed by atoms with E-state index in [1.807, 2.05) is 18.2 Å². The quantitative estimate of drug-likeness (QED) is 0.737. The second-order valence-electron chi connectivity index (χ2n) is 6.08. The molecule has 0 aliphatic carbocycles. The van der Waals surface area contributed by atoms with Crippen molar-refractivity contribution in [1.82, 2.24) is 9.55 Å². The molecule has 0 saturated carbocycles. The minimum atomic E-state index is -0.297. The monoisotopic (exact) mass is 323 g/mol. The number of nitrogens with zero attached hydrogens (tertiary/aromatic N) is 3. The first-order valence-electron chi connectivity index (χ1n) is 8.18. The number of anilines is 1. The zero-order valence-corrected chi connectivity index (χ0v) is 13.4.